The van der Waals surface area contributed by atoms with Gasteiger partial charge in [-0.25, -0.2) is 8.42 Å². The van der Waals surface area contributed by atoms with E-state index in [9.17, 15) is 8.42 Å². The van der Waals surface area contributed by atoms with E-state index in [4.69, 9.17) is 0 Å². The number of aromatic nitrogens is 1. The van der Waals surface area contributed by atoms with Gasteiger partial charge in [-0.05, 0) is 11.5 Å². The maximum absolute atomic E-state index is 11.7. The van der Waals surface area contributed by atoms with Crippen molar-refractivity contribution in [1.82, 2.24) is 4.98 Å². The number of thiazole rings is 1. The first-order valence-electron chi connectivity index (χ1n) is 5.45. The lowest BCUT2D eigenvalue weighted by atomic mass is 10.1. The van der Waals surface area contributed by atoms with Crippen molar-refractivity contribution in [3.05, 3.63) is 36.4 Å². The van der Waals surface area contributed by atoms with Crippen molar-refractivity contribution in [2.75, 3.05) is 6.26 Å². The Balaban J connectivity index is 2.54. The van der Waals surface area contributed by atoms with E-state index in [0.29, 0.717) is 4.34 Å². The lowest BCUT2D eigenvalue weighted by molar-refractivity contribution is 0.601. The van der Waals surface area contributed by atoms with Crippen LogP contribution in [0.3, 0.4) is 0 Å². The Morgan fingerprint density at radius 2 is 1.83 bits per heavy atom. The van der Waals surface area contributed by atoms with E-state index in [-0.39, 0.29) is 0 Å². The van der Waals surface area contributed by atoms with Crippen LogP contribution in [0.2, 0.25) is 0 Å². The van der Waals surface area contributed by atoms with E-state index < -0.39 is 20.3 Å². The van der Waals surface area contributed by atoms with Gasteiger partial charge >= 0.3 is 4.34 Å². The number of rotatable bonds is 1. The van der Waals surface area contributed by atoms with Gasteiger partial charge in [-0.2, -0.15) is 4.98 Å². The van der Waals surface area contributed by atoms with E-state index in [0.717, 1.165) is 21.0 Å². The van der Waals surface area contributed by atoms with Crippen LogP contribution in [0, 0.1) is 0 Å². The summed E-state index contributed by atoms with van der Waals surface area (Å²) in [7, 11) is -3.67. The molecule has 0 aliphatic carbocycles. The molecule has 0 amide bonds. The van der Waals surface area contributed by atoms with Gasteiger partial charge in [0.25, 0.3) is 0 Å². The van der Waals surface area contributed by atoms with Crippen molar-refractivity contribution in [2.45, 2.75) is 4.34 Å². The molecule has 3 aromatic rings. The summed E-state index contributed by atoms with van der Waals surface area (Å²) in [6.07, 6.45) is 3.14. The van der Waals surface area contributed by atoms with Gasteiger partial charge in [0.2, 0.25) is 14.5 Å². The predicted molar refractivity (Wildman–Crippen MR) is 75.8 cm³/mol. The minimum Gasteiger partial charge on any atom is -0.217 e. The number of aryl methyl sites for hydroxylation is 1. The highest BCUT2D eigenvalue weighted by Gasteiger charge is 2.27. The lowest BCUT2D eigenvalue weighted by Gasteiger charge is -1.94. The van der Waals surface area contributed by atoms with E-state index in [1.54, 1.807) is 0 Å². The minimum absolute atomic E-state index is 0.300. The molecule has 0 spiro atoms. The fourth-order valence-electron chi connectivity index (χ4n) is 2.16. The molecule has 1 unspecified atom stereocenters. The number of sulfone groups is 1. The molecule has 1 atom stereocenters. The Morgan fingerprint density at radius 1 is 1.11 bits per heavy atom. The molecule has 5 heteroatoms. The van der Waals surface area contributed by atoms with Crippen LogP contribution in [-0.4, -0.2) is 19.7 Å². The largest absolute Gasteiger partial charge is 0.360 e. The SMILES string of the molecule is C[s+]1c(S(C)(=O)=O)nc2c3ccccc3ccc21. The standard InChI is InChI=1S/C13H12NO2S2/c1-17-11-8-7-9-5-3-4-6-10(9)12(11)14-13(17)18(2,15)16/h3-8H,1-2H3/q+1. The van der Waals surface area contributed by atoms with Gasteiger partial charge < -0.3 is 0 Å². The highest BCUT2D eigenvalue weighted by Crippen LogP contribution is 2.37. The summed E-state index contributed by atoms with van der Waals surface area (Å²) in [6.45, 7) is 0. The van der Waals surface area contributed by atoms with Crippen molar-refractivity contribution in [1.29, 1.82) is 0 Å². The second kappa shape index (κ2) is 3.76. The zero-order valence-electron chi connectivity index (χ0n) is 10.0. The van der Waals surface area contributed by atoms with Crippen molar-refractivity contribution in [3.63, 3.8) is 0 Å². The van der Waals surface area contributed by atoms with Crippen LogP contribution in [0.5, 0.6) is 0 Å². The smallest absolute Gasteiger partial charge is 0.217 e. The highest BCUT2D eigenvalue weighted by molar-refractivity contribution is 7.93. The molecule has 18 heavy (non-hydrogen) atoms. The van der Waals surface area contributed by atoms with Gasteiger partial charge in [0.1, 0.15) is 11.8 Å². The quantitative estimate of drug-likeness (QED) is 0.643. The molecular formula is C13H12NO2S2+. The average Bonchev–Trinajstić information content (AvgIpc) is 2.67. The van der Waals surface area contributed by atoms with Crippen LogP contribution >= 0.6 is 10.5 Å². The normalized spacial score (nSPS) is 13.3. The van der Waals surface area contributed by atoms with Crippen molar-refractivity contribution < 1.29 is 8.42 Å². The fourth-order valence-corrected chi connectivity index (χ4v) is 5.64. The zero-order chi connectivity index (χ0) is 12.9. The maximum Gasteiger partial charge on any atom is 0.360 e. The minimum atomic E-state index is -3.23. The molecule has 0 aliphatic rings. The van der Waals surface area contributed by atoms with Crippen molar-refractivity contribution >= 4 is 41.3 Å². The van der Waals surface area contributed by atoms with E-state index in [2.05, 4.69) is 4.98 Å². The Hall–Kier alpha value is -1.46. The van der Waals surface area contributed by atoms with Gasteiger partial charge in [-0.1, -0.05) is 24.3 Å². The fraction of sp³-hybridized carbons (Fsp3) is 0.154. The lowest BCUT2D eigenvalue weighted by Crippen LogP contribution is -1.96. The molecular weight excluding hydrogens is 266 g/mol. The van der Waals surface area contributed by atoms with Gasteiger partial charge in [-0.15, -0.1) is 0 Å². The Morgan fingerprint density at radius 3 is 2.56 bits per heavy atom. The van der Waals surface area contributed by atoms with Gasteiger partial charge in [0, 0.05) is 28.2 Å². The summed E-state index contributed by atoms with van der Waals surface area (Å²) < 4.78 is 24.8. The van der Waals surface area contributed by atoms with Crippen LogP contribution in [0.4, 0.5) is 0 Å². The van der Waals surface area contributed by atoms with Crippen molar-refractivity contribution in [2.24, 2.45) is 6.26 Å². The number of hydrogen-bond donors (Lipinski definition) is 0. The van der Waals surface area contributed by atoms with Crippen LogP contribution in [-0.2, 0) is 16.1 Å². The van der Waals surface area contributed by atoms with Gasteiger partial charge in [0.15, 0.2) is 0 Å². The Bertz CT molecular complexity index is 863. The summed E-state index contributed by atoms with van der Waals surface area (Å²) in [6, 6.07) is 11.9. The van der Waals surface area contributed by atoms with E-state index in [1.165, 1.54) is 6.26 Å². The molecule has 1 heterocycles. The molecule has 1 aromatic heterocycles. The third-order valence-corrected chi connectivity index (χ3v) is 6.96. The summed E-state index contributed by atoms with van der Waals surface area (Å²) >= 11 is 0. The first kappa shape index (κ1) is 11.6. The van der Waals surface area contributed by atoms with Gasteiger partial charge in [-0.3, -0.25) is 0 Å². The van der Waals surface area contributed by atoms with Crippen LogP contribution in [0.15, 0.2) is 40.7 Å². The van der Waals surface area contributed by atoms with Crippen LogP contribution < -0.4 is 0 Å². The molecule has 0 N–H and O–H groups in total. The summed E-state index contributed by atoms with van der Waals surface area (Å²) in [4.78, 5) is 4.37. The molecule has 2 aromatic carbocycles. The second-order valence-corrected chi connectivity index (χ2v) is 8.33. The number of hydrogen-bond acceptors (Lipinski definition) is 3. The number of fused-ring (bicyclic) bond motifs is 3. The molecule has 0 fully saturated rings. The Labute approximate surface area is 108 Å². The topological polar surface area (TPSA) is 47.0 Å². The maximum atomic E-state index is 11.7. The van der Waals surface area contributed by atoms with E-state index >= 15 is 0 Å². The van der Waals surface area contributed by atoms with Crippen molar-refractivity contribution in [3.8, 4) is 0 Å². The first-order valence-corrected chi connectivity index (χ1v) is 8.97. The molecule has 0 radical (unpaired) electrons. The van der Waals surface area contributed by atoms with Crippen LogP contribution in [0.25, 0.3) is 21.0 Å². The Kier molecular flexibility index (Phi) is 2.43. The number of benzene rings is 2. The third-order valence-electron chi connectivity index (χ3n) is 2.98. The van der Waals surface area contributed by atoms with Crippen LogP contribution in [0.1, 0.15) is 0 Å². The molecule has 0 bridgehead atoms. The van der Waals surface area contributed by atoms with Gasteiger partial charge in [0.05, 0.1) is 0 Å². The molecule has 92 valence electrons. The summed E-state index contributed by atoms with van der Waals surface area (Å²) in [5.41, 5.74) is 0.819. The summed E-state index contributed by atoms with van der Waals surface area (Å²) in [5.74, 6) is 0. The molecule has 0 saturated heterocycles. The monoisotopic (exact) mass is 278 g/mol. The third kappa shape index (κ3) is 1.62. The molecule has 3 nitrogen and oxygen atoms in total. The molecule has 3 rings (SSSR count). The summed E-state index contributed by atoms with van der Waals surface area (Å²) in [5, 5.41) is 2.11. The average molecular weight is 278 g/mol. The highest BCUT2D eigenvalue weighted by atomic mass is 32.3. The molecule has 0 aliphatic heterocycles. The first-order chi connectivity index (χ1) is 8.48. The predicted octanol–water partition coefficient (Wildman–Crippen LogP) is 3.08. The zero-order valence-corrected chi connectivity index (χ0v) is 11.7. The van der Waals surface area contributed by atoms with E-state index in [1.807, 2.05) is 42.7 Å². The second-order valence-electron chi connectivity index (χ2n) is 4.29. The molecule has 0 saturated carbocycles. The number of nitrogens with zero attached hydrogens (tertiary/aromatic N) is 1.